The van der Waals surface area contributed by atoms with Gasteiger partial charge in [0.25, 0.3) is 0 Å². The van der Waals surface area contributed by atoms with Crippen molar-refractivity contribution in [3.8, 4) is 0 Å². The topological polar surface area (TPSA) is 0 Å². The second kappa shape index (κ2) is 10.1. The molecule has 0 unspecified atom stereocenters. The van der Waals surface area contributed by atoms with E-state index in [4.69, 9.17) is 0 Å². The van der Waals surface area contributed by atoms with Crippen LogP contribution in [0.4, 0.5) is 0 Å². The Morgan fingerprint density at radius 3 is 1.88 bits per heavy atom. The molecule has 0 aromatic carbocycles. The number of allylic oxidation sites excluding steroid dienone is 1. The van der Waals surface area contributed by atoms with Gasteiger partial charge in [-0.15, -0.1) is 0 Å². The van der Waals surface area contributed by atoms with Crippen LogP contribution in [0.25, 0.3) is 0 Å². The highest BCUT2D eigenvalue weighted by atomic mass is 79.9. The second-order valence-electron chi connectivity index (χ2n) is 4.15. The first kappa shape index (κ1) is 19.5. The molecule has 0 amide bonds. The predicted octanol–water partition coefficient (Wildman–Crippen LogP) is 1.67. The largest absolute Gasteiger partial charge is 1.00 e. The van der Waals surface area contributed by atoms with E-state index in [1.165, 1.54) is 45.9 Å². The molecule has 1 nitrogen and oxygen atoms in total. The van der Waals surface area contributed by atoms with Crippen LogP contribution >= 0.6 is 31.9 Å². The smallest absolute Gasteiger partial charge is 0.112 e. The van der Waals surface area contributed by atoms with Crippen LogP contribution in [0.15, 0.2) is 8.96 Å². The van der Waals surface area contributed by atoms with E-state index >= 15 is 0 Å². The molecule has 4 heteroatoms. The average molecular weight is 422 g/mol. The van der Waals surface area contributed by atoms with Gasteiger partial charge in [0.05, 0.1) is 24.1 Å². The summed E-state index contributed by atoms with van der Waals surface area (Å²) in [5, 5.41) is 0. The second-order valence-corrected chi connectivity index (χ2v) is 6.29. The minimum atomic E-state index is 0. The van der Waals surface area contributed by atoms with Crippen LogP contribution in [-0.4, -0.2) is 30.7 Å². The van der Waals surface area contributed by atoms with Crippen LogP contribution < -0.4 is 17.0 Å². The van der Waals surface area contributed by atoms with Crippen molar-refractivity contribution in [2.45, 2.75) is 40.5 Å². The fourth-order valence-corrected chi connectivity index (χ4v) is 2.40. The Balaban J connectivity index is 0. The lowest BCUT2D eigenvalue weighted by Gasteiger charge is -2.37. The van der Waals surface area contributed by atoms with Gasteiger partial charge < -0.3 is 21.5 Å². The van der Waals surface area contributed by atoms with Crippen LogP contribution in [-0.2, 0) is 0 Å². The summed E-state index contributed by atoms with van der Waals surface area (Å²) in [6, 6.07) is 0. The quantitative estimate of drug-likeness (QED) is 0.548. The van der Waals surface area contributed by atoms with Gasteiger partial charge in [0, 0.05) is 4.48 Å². The van der Waals surface area contributed by atoms with Crippen LogP contribution in [0.2, 0.25) is 0 Å². The van der Waals surface area contributed by atoms with Gasteiger partial charge in [-0.25, -0.2) is 0 Å². The Kier molecular flexibility index (Phi) is 12.3. The minimum Gasteiger partial charge on any atom is -1.00 e. The SMILES string of the molecule is CCCC[N+](CC)(CC)C/C(Br)=C(/C)Br.[Br-]. The molecule has 0 aromatic heterocycles. The van der Waals surface area contributed by atoms with E-state index in [1.807, 2.05) is 0 Å². The molecule has 0 atom stereocenters. The highest BCUT2D eigenvalue weighted by molar-refractivity contribution is 9.14. The minimum absolute atomic E-state index is 0. The number of halogens is 3. The van der Waals surface area contributed by atoms with Gasteiger partial charge in [-0.3, -0.25) is 0 Å². The van der Waals surface area contributed by atoms with Crippen molar-refractivity contribution in [3.05, 3.63) is 8.96 Å². The molecule has 0 N–H and O–H groups in total. The van der Waals surface area contributed by atoms with Crippen LogP contribution in [0.1, 0.15) is 40.5 Å². The van der Waals surface area contributed by atoms with E-state index in [0.29, 0.717) is 0 Å². The molecular formula is C12H24Br3N. The van der Waals surface area contributed by atoms with Crippen molar-refractivity contribution in [2.24, 2.45) is 0 Å². The van der Waals surface area contributed by atoms with Crippen molar-refractivity contribution in [2.75, 3.05) is 26.2 Å². The summed E-state index contributed by atoms with van der Waals surface area (Å²) >= 11 is 7.21. The van der Waals surface area contributed by atoms with Crippen LogP contribution in [0, 0.1) is 0 Å². The summed E-state index contributed by atoms with van der Waals surface area (Å²) < 4.78 is 3.72. The van der Waals surface area contributed by atoms with E-state index in [1.54, 1.807) is 0 Å². The highest BCUT2D eigenvalue weighted by Gasteiger charge is 2.23. The van der Waals surface area contributed by atoms with Crippen LogP contribution in [0.3, 0.4) is 0 Å². The molecule has 0 bridgehead atoms. The van der Waals surface area contributed by atoms with Crippen molar-refractivity contribution < 1.29 is 21.5 Å². The van der Waals surface area contributed by atoms with Gasteiger partial charge in [0.15, 0.2) is 0 Å². The molecule has 0 aliphatic heterocycles. The average Bonchev–Trinajstić information content (AvgIpc) is 2.24. The zero-order valence-corrected chi connectivity index (χ0v) is 15.6. The molecular weight excluding hydrogens is 398 g/mol. The Morgan fingerprint density at radius 2 is 1.56 bits per heavy atom. The third-order valence-electron chi connectivity index (χ3n) is 3.18. The lowest BCUT2D eigenvalue weighted by atomic mass is 10.2. The molecule has 98 valence electrons. The Labute approximate surface area is 128 Å². The number of hydrogen-bond acceptors (Lipinski definition) is 0. The fourth-order valence-electron chi connectivity index (χ4n) is 1.74. The molecule has 16 heavy (non-hydrogen) atoms. The molecule has 0 radical (unpaired) electrons. The number of nitrogens with zero attached hydrogens (tertiary/aromatic N) is 1. The van der Waals surface area contributed by atoms with E-state index in [0.717, 1.165) is 6.54 Å². The van der Waals surface area contributed by atoms with E-state index < -0.39 is 0 Å². The maximum Gasteiger partial charge on any atom is 0.112 e. The lowest BCUT2D eigenvalue weighted by molar-refractivity contribution is -0.920. The predicted molar refractivity (Wildman–Crippen MR) is 76.5 cm³/mol. The van der Waals surface area contributed by atoms with Gasteiger partial charge >= 0.3 is 0 Å². The summed E-state index contributed by atoms with van der Waals surface area (Å²) in [7, 11) is 0. The molecule has 0 heterocycles. The number of likely N-dealkylation sites (N-methyl/N-ethyl adjacent to an activating group) is 1. The first-order valence-electron chi connectivity index (χ1n) is 5.87. The highest BCUT2D eigenvalue weighted by Crippen LogP contribution is 2.22. The molecule has 0 saturated carbocycles. The van der Waals surface area contributed by atoms with E-state index in [-0.39, 0.29) is 17.0 Å². The number of unbranched alkanes of at least 4 members (excludes halogenated alkanes) is 1. The van der Waals surface area contributed by atoms with E-state index in [9.17, 15) is 0 Å². The van der Waals surface area contributed by atoms with Crippen molar-refractivity contribution >= 4 is 31.9 Å². The number of quaternary nitrogens is 1. The fraction of sp³-hybridized carbons (Fsp3) is 0.833. The van der Waals surface area contributed by atoms with Crippen molar-refractivity contribution in [3.63, 3.8) is 0 Å². The molecule has 0 fully saturated rings. The van der Waals surface area contributed by atoms with Gasteiger partial charge in [0.2, 0.25) is 0 Å². The first-order chi connectivity index (χ1) is 7.01. The van der Waals surface area contributed by atoms with Gasteiger partial charge in [0.1, 0.15) is 6.54 Å². The Morgan fingerprint density at radius 1 is 1.06 bits per heavy atom. The third kappa shape index (κ3) is 6.77. The third-order valence-corrected chi connectivity index (χ3v) is 5.03. The normalized spacial score (nSPS) is 13.1. The summed E-state index contributed by atoms with van der Waals surface area (Å²) in [6.07, 6.45) is 2.61. The zero-order valence-electron chi connectivity index (χ0n) is 10.8. The molecule has 0 aromatic rings. The van der Waals surface area contributed by atoms with Gasteiger partial charge in [-0.05, 0) is 43.1 Å². The first-order valence-corrected chi connectivity index (χ1v) is 7.45. The molecule has 0 aliphatic rings. The zero-order chi connectivity index (χ0) is 11.9. The van der Waals surface area contributed by atoms with Gasteiger partial charge in [-0.1, -0.05) is 29.3 Å². The lowest BCUT2D eigenvalue weighted by Crippen LogP contribution is -3.00. The Hall–Kier alpha value is 1.14. The maximum absolute atomic E-state index is 3.67. The monoisotopic (exact) mass is 419 g/mol. The molecule has 0 rings (SSSR count). The molecule has 0 spiro atoms. The molecule has 0 saturated heterocycles. The summed E-state index contributed by atoms with van der Waals surface area (Å²) in [4.78, 5) is 0. The van der Waals surface area contributed by atoms with Crippen molar-refractivity contribution in [1.29, 1.82) is 0 Å². The van der Waals surface area contributed by atoms with Crippen LogP contribution in [0.5, 0.6) is 0 Å². The molecule has 0 aliphatic carbocycles. The Bertz CT molecular complexity index is 206. The summed E-state index contributed by atoms with van der Waals surface area (Å²) in [5.74, 6) is 0. The maximum atomic E-state index is 3.67. The van der Waals surface area contributed by atoms with Crippen molar-refractivity contribution in [1.82, 2.24) is 0 Å². The van der Waals surface area contributed by atoms with E-state index in [2.05, 4.69) is 59.6 Å². The number of rotatable bonds is 7. The number of hydrogen-bond donors (Lipinski definition) is 0. The standard InChI is InChI=1S/C12H24Br2N.BrH/c1-5-8-9-15(6-2,7-3)10-12(14)11(4)13;/h5-10H2,1-4H3;1H/q+1;/p-1/b12-11+;. The summed E-state index contributed by atoms with van der Waals surface area (Å²) in [5.41, 5.74) is 0. The summed E-state index contributed by atoms with van der Waals surface area (Å²) in [6.45, 7) is 13.8. The van der Waals surface area contributed by atoms with Gasteiger partial charge in [-0.2, -0.15) is 0 Å².